The molecule has 1 atom stereocenters. The predicted octanol–water partition coefficient (Wildman–Crippen LogP) is 2.19. The molecule has 1 unspecified atom stereocenters. The van der Waals surface area contributed by atoms with E-state index >= 15 is 0 Å². The van der Waals surface area contributed by atoms with E-state index < -0.39 is 11.3 Å². The minimum absolute atomic E-state index is 0.364. The monoisotopic (exact) mass is 371 g/mol. The molecule has 0 saturated heterocycles. The van der Waals surface area contributed by atoms with E-state index in [-0.39, 0.29) is 5.91 Å². The number of thiophene rings is 1. The molecule has 10 heteroatoms. The number of nitrogens with one attached hydrogen (secondary N) is 3. The molecule has 0 fully saturated rings. The van der Waals surface area contributed by atoms with E-state index in [0.717, 1.165) is 18.1 Å². The topological polar surface area (TPSA) is 96.0 Å². The van der Waals surface area contributed by atoms with Crippen LogP contribution in [0.5, 0.6) is 0 Å². The van der Waals surface area contributed by atoms with Gasteiger partial charge in [0, 0.05) is 18.5 Å². The first-order chi connectivity index (χ1) is 11.1. The zero-order valence-corrected chi connectivity index (χ0v) is 15.1. The third kappa shape index (κ3) is 5.81. The normalized spacial score (nSPS) is 11.7. The van der Waals surface area contributed by atoms with Gasteiger partial charge >= 0.3 is 6.03 Å². The number of anilines is 1. The molecule has 2 aromatic rings. The molecule has 23 heavy (non-hydrogen) atoms. The van der Waals surface area contributed by atoms with E-state index in [1.807, 2.05) is 6.07 Å². The van der Waals surface area contributed by atoms with Crippen LogP contribution >= 0.6 is 34.4 Å². The number of nitrogens with zero attached hydrogens (tertiary/aromatic N) is 2. The second-order valence-electron chi connectivity index (χ2n) is 4.46. The molecule has 0 bridgehead atoms. The number of hydrogen-bond acceptors (Lipinski definition) is 8. The highest BCUT2D eigenvalue weighted by Crippen LogP contribution is 2.28. The maximum Gasteiger partial charge on any atom is 0.321 e. The quantitative estimate of drug-likeness (QED) is 0.646. The number of aromatic nitrogens is 2. The van der Waals surface area contributed by atoms with Gasteiger partial charge in [-0.1, -0.05) is 29.2 Å². The van der Waals surface area contributed by atoms with Crippen LogP contribution in [-0.4, -0.2) is 41.0 Å². The van der Waals surface area contributed by atoms with E-state index in [2.05, 4.69) is 37.6 Å². The van der Waals surface area contributed by atoms with Crippen LogP contribution < -0.4 is 16.0 Å². The second-order valence-corrected chi connectivity index (χ2v) is 8.06. The Balaban J connectivity index is 1.77. The highest BCUT2D eigenvalue weighted by atomic mass is 32.2. The number of thioether (sulfide) groups is 1. The molecular weight excluding hydrogens is 354 g/mol. The first kappa shape index (κ1) is 17.7. The number of hydrogen-bond donors (Lipinski definition) is 3. The molecular formula is C13H17N5O2S3. The summed E-state index contributed by atoms with van der Waals surface area (Å²) in [7, 11) is 1.46. The molecule has 0 aromatic carbocycles. The van der Waals surface area contributed by atoms with Crippen LogP contribution in [-0.2, 0) is 11.2 Å². The van der Waals surface area contributed by atoms with Crippen LogP contribution in [0, 0.1) is 0 Å². The van der Waals surface area contributed by atoms with Crippen LogP contribution in [0.25, 0.3) is 0 Å². The zero-order valence-electron chi connectivity index (χ0n) is 12.7. The molecule has 0 saturated carbocycles. The van der Waals surface area contributed by atoms with Crippen molar-refractivity contribution in [1.82, 2.24) is 20.8 Å². The van der Waals surface area contributed by atoms with Crippen molar-refractivity contribution in [1.29, 1.82) is 0 Å². The van der Waals surface area contributed by atoms with Gasteiger partial charge in [0.15, 0.2) is 4.34 Å². The lowest BCUT2D eigenvalue weighted by molar-refractivity contribution is -0.119. The number of amides is 3. The van der Waals surface area contributed by atoms with Crippen LogP contribution in [0.4, 0.5) is 9.93 Å². The van der Waals surface area contributed by atoms with E-state index in [1.165, 1.54) is 35.0 Å². The third-order valence-corrected chi connectivity index (χ3v) is 5.75. The van der Waals surface area contributed by atoms with Gasteiger partial charge in [0.25, 0.3) is 0 Å². The fourth-order valence-electron chi connectivity index (χ4n) is 1.56. The van der Waals surface area contributed by atoms with Gasteiger partial charge in [-0.3, -0.25) is 10.1 Å². The molecule has 7 nitrogen and oxygen atoms in total. The van der Waals surface area contributed by atoms with Crippen molar-refractivity contribution < 1.29 is 9.59 Å². The summed E-state index contributed by atoms with van der Waals surface area (Å²) < 4.78 is 0.684. The Hall–Kier alpha value is -1.65. The number of carbonyl (C=O) groups is 2. The summed E-state index contributed by atoms with van der Waals surface area (Å²) in [5, 5.41) is 18.2. The number of imide groups is 1. The summed E-state index contributed by atoms with van der Waals surface area (Å²) in [6, 6.07) is 3.61. The Morgan fingerprint density at radius 1 is 1.39 bits per heavy atom. The lowest BCUT2D eigenvalue weighted by Gasteiger charge is -2.08. The lowest BCUT2D eigenvalue weighted by atomic mass is 10.3. The van der Waals surface area contributed by atoms with Gasteiger partial charge in [-0.2, -0.15) is 0 Å². The fourth-order valence-corrected chi connectivity index (χ4v) is 4.19. The predicted molar refractivity (Wildman–Crippen MR) is 94.3 cm³/mol. The van der Waals surface area contributed by atoms with E-state index in [9.17, 15) is 9.59 Å². The minimum Gasteiger partial charge on any atom is -0.360 e. The Bertz CT molecular complexity index is 644. The molecule has 0 aliphatic carbocycles. The standard InChI is InChI=1S/C13H17N5O2S3/c1-8(10(19)16-11(20)14-2)22-13-18-17-12(23-13)15-6-5-9-4-3-7-21-9/h3-4,7-8H,5-6H2,1-2H3,(H,15,17)(H2,14,16,19,20). The summed E-state index contributed by atoms with van der Waals surface area (Å²) >= 11 is 4.39. The summed E-state index contributed by atoms with van der Waals surface area (Å²) in [5.41, 5.74) is 0. The van der Waals surface area contributed by atoms with E-state index in [4.69, 9.17) is 0 Å². The molecule has 3 amide bonds. The highest BCUT2D eigenvalue weighted by Gasteiger charge is 2.18. The molecule has 0 aliphatic rings. The van der Waals surface area contributed by atoms with Crippen molar-refractivity contribution in [3.8, 4) is 0 Å². The summed E-state index contributed by atoms with van der Waals surface area (Å²) in [5.74, 6) is -0.364. The number of urea groups is 1. The fraction of sp³-hybridized carbons (Fsp3) is 0.385. The molecule has 0 spiro atoms. The first-order valence-corrected chi connectivity index (χ1v) is 9.45. The van der Waals surface area contributed by atoms with Crippen molar-refractivity contribution in [2.24, 2.45) is 0 Å². The van der Waals surface area contributed by atoms with E-state index in [0.29, 0.717) is 4.34 Å². The molecule has 0 radical (unpaired) electrons. The Kier molecular flexibility index (Phi) is 6.81. The van der Waals surface area contributed by atoms with Crippen molar-refractivity contribution in [2.45, 2.75) is 22.9 Å². The smallest absolute Gasteiger partial charge is 0.321 e. The number of rotatable bonds is 7. The summed E-state index contributed by atoms with van der Waals surface area (Å²) in [6.07, 6.45) is 0.935. The van der Waals surface area contributed by atoms with Gasteiger partial charge in [-0.15, -0.1) is 21.5 Å². The van der Waals surface area contributed by atoms with Gasteiger partial charge in [-0.05, 0) is 24.8 Å². The molecule has 2 rings (SSSR count). The maximum atomic E-state index is 11.8. The van der Waals surface area contributed by atoms with Gasteiger partial charge in [0.05, 0.1) is 5.25 Å². The highest BCUT2D eigenvalue weighted by molar-refractivity contribution is 8.02. The molecule has 2 aromatic heterocycles. The van der Waals surface area contributed by atoms with E-state index in [1.54, 1.807) is 18.3 Å². The average Bonchev–Trinajstić information content (AvgIpc) is 3.19. The summed E-state index contributed by atoms with van der Waals surface area (Å²) in [4.78, 5) is 24.2. The van der Waals surface area contributed by atoms with Gasteiger partial charge in [0.2, 0.25) is 11.0 Å². The Morgan fingerprint density at radius 2 is 2.22 bits per heavy atom. The number of carbonyl (C=O) groups excluding carboxylic acids is 2. The van der Waals surface area contributed by atoms with Crippen LogP contribution in [0.2, 0.25) is 0 Å². The maximum absolute atomic E-state index is 11.8. The molecule has 124 valence electrons. The lowest BCUT2D eigenvalue weighted by Crippen LogP contribution is -2.41. The average molecular weight is 372 g/mol. The first-order valence-electron chi connectivity index (χ1n) is 6.87. The van der Waals surface area contributed by atoms with Gasteiger partial charge in [-0.25, -0.2) is 4.79 Å². The molecule has 3 N–H and O–H groups in total. The van der Waals surface area contributed by atoms with Crippen LogP contribution in [0.3, 0.4) is 0 Å². The van der Waals surface area contributed by atoms with Crippen molar-refractivity contribution in [3.05, 3.63) is 22.4 Å². The largest absolute Gasteiger partial charge is 0.360 e. The van der Waals surface area contributed by atoms with Crippen LogP contribution in [0.1, 0.15) is 11.8 Å². The van der Waals surface area contributed by atoms with Crippen LogP contribution in [0.15, 0.2) is 21.9 Å². The zero-order chi connectivity index (χ0) is 16.7. The van der Waals surface area contributed by atoms with Gasteiger partial charge < -0.3 is 10.6 Å². The van der Waals surface area contributed by atoms with Gasteiger partial charge in [0.1, 0.15) is 0 Å². The molecule has 0 aliphatic heterocycles. The Morgan fingerprint density at radius 3 is 2.91 bits per heavy atom. The second kappa shape index (κ2) is 8.85. The minimum atomic E-state index is -0.518. The third-order valence-electron chi connectivity index (χ3n) is 2.74. The summed E-state index contributed by atoms with van der Waals surface area (Å²) in [6.45, 7) is 2.50. The van der Waals surface area contributed by atoms with Crippen molar-refractivity contribution >= 4 is 51.5 Å². The molecule has 2 heterocycles. The SMILES string of the molecule is CNC(=O)NC(=O)C(C)Sc1nnc(NCCc2cccs2)s1. The van der Waals surface area contributed by atoms with Crippen molar-refractivity contribution in [3.63, 3.8) is 0 Å². The Labute approximate surface area is 146 Å². The van der Waals surface area contributed by atoms with Crippen molar-refractivity contribution in [2.75, 3.05) is 18.9 Å².